The SMILES string of the molecule is C=CC/C(CC1CCN2CCOC[C@]2(C)CC1=C)=N\c1c(C=C)ncnc1Nc1ccc(OC2=C/C(=C/C/C=N\C)C(=C)CC=C2)c(Cl)c1. The number of allylic oxidation sites excluding steroid dienone is 7. The second-order valence-electron chi connectivity index (χ2n) is 12.9. The molecule has 8 nitrogen and oxygen atoms in total. The van der Waals surface area contributed by atoms with Crippen molar-refractivity contribution < 1.29 is 9.47 Å². The number of rotatable bonds is 12. The van der Waals surface area contributed by atoms with E-state index < -0.39 is 0 Å². The fourth-order valence-corrected chi connectivity index (χ4v) is 6.73. The van der Waals surface area contributed by atoms with Crippen molar-refractivity contribution >= 4 is 46.8 Å². The Morgan fingerprint density at radius 3 is 2.88 bits per heavy atom. The van der Waals surface area contributed by atoms with Crippen molar-refractivity contribution in [2.45, 2.75) is 51.0 Å². The molecule has 256 valence electrons. The minimum absolute atomic E-state index is 0.00942. The van der Waals surface area contributed by atoms with Crippen molar-refractivity contribution in [2.75, 3.05) is 38.7 Å². The molecule has 0 bridgehead atoms. The Morgan fingerprint density at radius 2 is 2.10 bits per heavy atom. The lowest BCUT2D eigenvalue weighted by Gasteiger charge is -2.43. The summed E-state index contributed by atoms with van der Waals surface area (Å²) in [4.78, 5) is 20.8. The number of halogens is 1. The first-order valence-corrected chi connectivity index (χ1v) is 17.2. The lowest BCUT2D eigenvalue weighted by atomic mass is 9.84. The fourth-order valence-electron chi connectivity index (χ4n) is 6.51. The highest BCUT2D eigenvalue weighted by Gasteiger charge is 2.39. The molecule has 1 aromatic heterocycles. The van der Waals surface area contributed by atoms with Gasteiger partial charge in [-0.1, -0.05) is 55.1 Å². The van der Waals surface area contributed by atoms with Gasteiger partial charge in [-0.2, -0.15) is 0 Å². The minimum Gasteiger partial charge on any atom is -0.456 e. The number of aliphatic imine (C=N–C) groups is 2. The van der Waals surface area contributed by atoms with Gasteiger partial charge in [0.25, 0.3) is 0 Å². The maximum atomic E-state index is 6.76. The van der Waals surface area contributed by atoms with Gasteiger partial charge in [0, 0.05) is 49.6 Å². The van der Waals surface area contributed by atoms with Gasteiger partial charge in [-0.3, -0.25) is 9.89 Å². The van der Waals surface area contributed by atoms with Crippen LogP contribution in [0.5, 0.6) is 5.75 Å². The Morgan fingerprint density at radius 1 is 1.24 bits per heavy atom. The van der Waals surface area contributed by atoms with Crippen LogP contribution in [0.3, 0.4) is 0 Å². The highest BCUT2D eigenvalue weighted by molar-refractivity contribution is 6.32. The first kappa shape index (κ1) is 35.9. The number of nitrogens with one attached hydrogen (secondary N) is 1. The summed E-state index contributed by atoms with van der Waals surface area (Å²) in [5.41, 5.74) is 6.24. The van der Waals surface area contributed by atoms with Crippen LogP contribution in [0, 0.1) is 5.92 Å². The van der Waals surface area contributed by atoms with Crippen LogP contribution in [0.4, 0.5) is 17.2 Å². The topological polar surface area (TPSA) is 84.2 Å². The highest BCUT2D eigenvalue weighted by atomic mass is 35.5. The second kappa shape index (κ2) is 16.8. The van der Waals surface area contributed by atoms with Gasteiger partial charge >= 0.3 is 0 Å². The smallest absolute Gasteiger partial charge is 0.160 e. The lowest BCUT2D eigenvalue weighted by molar-refractivity contribution is -0.0562. The predicted octanol–water partition coefficient (Wildman–Crippen LogP) is 9.41. The first-order chi connectivity index (χ1) is 23.7. The number of hydrogen-bond donors (Lipinski definition) is 1. The predicted molar refractivity (Wildman–Crippen MR) is 205 cm³/mol. The molecule has 0 amide bonds. The zero-order chi connectivity index (χ0) is 34.8. The molecule has 1 N–H and O–H groups in total. The van der Waals surface area contributed by atoms with Gasteiger partial charge in [0.2, 0.25) is 0 Å². The third-order valence-corrected chi connectivity index (χ3v) is 9.49. The zero-order valence-electron chi connectivity index (χ0n) is 28.8. The van der Waals surface area contributed by atoms with E-state index in [2.05, 4.69) is 64.5 Å². The second-order valence-corrected chi connectivity index (χ2v) is 13.3. The summed E-state index contributed by atoms with van der Waals surface area (Å²) in [6.45, 7) is 22.5. The number of anilines is 2. The maximum absolute atomic E-state index is 6.76. The van der Waals surface area contributed by atoms with Crippen molar-refractivity contribution in [3.63, 3.8) is 0 Å². The summed E-state index contributed by atoms with van der Waals surface area (Å²) >= 11 is 6.76. The summed E-state index contributed by atoms with van der Waals surface area (Å²) < 4.78 is 12.1. The summed E-state index contributed by atoms with van der Waals surface area (Å²) in [6.07, 6.45) is 19.8. The van der Waals surface area contributed by atoms with E-state index in [1.165, 1.54) is 11.9 Å². The Balaban J connectivity index is 1.36. The molecule has 2 aromatic rings. The molecule has 1 unspecified atom stereocenters. The molecule has 2 saturated heterocycles. The lowest BCUT2D eigenvalue weighted by Crippen LogP contribution is -2.54. The maximum Gasteiger partial charge on any atom is 0.160 e. The van der Waals surface area contributed by atoms with E-state index in [1.54, 1.807) is 13.1 Å². The fraction of sp³-hybridized carbons (Fsp3) is 0.350. The molecule has 0 saturated carbocycles. The van der Waals surface area contributed by atoms with Crippen LogP contribution in [-0.2, 0) is 4.74 Å². The van der Waals surface area contributed by atoms with Gasteiger partial charge in [0.1, 0.15) is 23.5 Å². The number of aromatic nitrogens is 2. The summed E-state index contributed by atoms with van der Waals surface area (Å²) in [5, 5.41) is 3.86. The molecule has 3 aliphatic rings. The van der Waals surface area contributed by atoms with Crippen molar-refractivity contribution in [1.82, 2.24) is 14.9 Å². The molecule has 3 heterocycles. The molecule has 1 aromatic carbocycles. The van der Waals surface area contributed by atoms with Crippen LogP contribution in [-0.4, -0.2) is 65.7 Å². The van der Waals surface area contributed by atoms with Crippen molar-refractivity contribution in [1.29, 1.82) is 0 Å². The molecule has 0 radical (unpaired) electrons. The standard InChI is InChI=1S/C40H47ClN6O2/c1-7-11-32(22-31-17-19-47-20-21-48-26-40(47,5)25-29(31)4)45-38-36(8-2)43-27-44-39(38)46-33-15-16-37(35(41)24-33)49-34-14-9-12-28(3)30(23-34)13-10-18-42-6/h7-9,13-16,18,23-24,27,31H,1-4,10-12,17,19-22,25-26H2,5-6H3,(H,43,44,46)/b30-13-,42-18-,45-32+/t31?,40-/m0/s1. The van der Waals surface area contributed by atoms with Gasteiger partial charge in [-0.15, -0.1) is 6.58 Å². The van der Waals surface area contributed by atoms with E-state index in [0.29, 0.717) is 46.1 Å². The minimum atomic E-state index is -0.00942. The van der Waals surface area contributed by atoms with Gasteiger partial charge in [0.15, 0.2) is 5.82 Å². The van der Waals surface area contributed by atoms with Crippen LogP contribution >= 0.6 is 11.6 Å². The Labute approximate surface area is 296 Å². The van der Waals surface area contributed by atoms with E-state index in [1.807, 2.05) is 48.7 Å². The quantitative estimate of drug-likeness (QED) is 0.178. The van der Waals surface area contributed by atoms with E-state index in [-0.39, 0.29) is 5.54 Å². The largest absolute Gasteiger partial charge is 0.456 e. The third kappa shape index (κ3) is 9.21. The molecular formula is C40H47ClN6O2. The van der Waals surface area contributed by atoms with Crippen LogP contribution in [0.15, 0.2) is 114 Å². The van der Waals surface area contributed by atoms with E-state index in [4.69, 9.17) is 26.1 Å². The van der Waals surface area contributed by atoms with Gasteiger partial charge < -0.3 is 19.8 Å². The summed E-state index contributed by atoms with van der Waals surface area (Å²) in [7, 11) is 1.76. The molecule has 2 aliphatic heterocycles. The average Bonchev–Trinajstić information content (AvgIpc) is 3.33. The molecule has 0 spiro atoms. The number of fused-ring (bicyclic) bond motifs is 1. The van der Waals surface area contributed by atoms with E-state index in [0.717, 1.165) is 81.0 Å². The molecule has 2 fully saturated rings. The third-order valence-electron chi connectivity index (χ3n) is 9.19. The van der Waals surface area contributed by atoms with Gasteiger partial charge in [-0.05, 0) is 92.6 Å². The number of ether oxygens (including phenoxy) is 2. The first-order valence-electron chi connectivity index (χ1n) is 16.8. The highest BCUT2D eigenvalue weighted by Crippen LogP contribution is 2.38. The summed E-state index contributed by atoms with van der Waals surface area (Å²) in [6, 6.07) is 5.55. The monoisotopic (exact) mass is 678 g/mol. The van der Waals surface area contributed by atoms with Crippen LogP contribution < -0.4 is 10.1 Å². The Kier molecular flexibility index (Phi) is 12.3. The normalized spacial score (nSPS) is 22.8. The molecule has 9 heteroatoms. The molecule has 1 aliphatic carbocycles. The summed E-state index contributed by atoms with van der Waals surface area (Å²) in [5.74, 6) is 2.06. The van der Waals surface area contributed by atoms with E-state index >= 15 is 0 Å². The van der Waals surface area contributed by atoms with Crippen molar-refractivity contribution in [3.8, 4) is 5.75 Å². The van der Waals surface area contributed by atoms with Crippen LogP contribution in [0.2, 0.25) is 5.02 Å². The van der Waals surface area contributed by atoms with Gasteiger partial charge in [0.05, 0.1) is 23.9 Å². The molecule has 2 atom stereocenters. The van der Waals surface area contributed by atoms with E-state index in [9.17, 15) is 0 Å². The number of hydrogen-bond acceptors (Lipinski definition) is 8. The van der Waals surface area contributed by atoms with Crippen molar-refractivity contribution in [2.24, 2.45) is 15.9 Å². The molecule has 49 heavy (non-hydrogen) atoms. The number of morpholine rings is 1. The number of nitrogens with zero attached hydrogens (tertiary/aromatic N) is 5. The van der Waals surface area contributed by atoms with Crippen molar-refractivity contribution in [3.05, 3.63) is 114 Å². The van der Waals surface area contributed by atoms with Crippen LogP contribution in [0.25, 0.3) is 6.08 Å². The number of benzene rings is 1. The molecular weight excluding hydrogens is 632 g/mol. The molecule has 5 rings (SSSR count). The zero-order valence-corrected chi connectivity index (χ0v) is 29.5. The van der Waals surface area contributed by atoms with Crippen LogP contribution in [0.1, 0.15) is 51.1 Å². The average molecular weight is 679 g/mol. The Hall–Kier alpha value is -4.37. The Bertz CT molecular complexity index is 1740. The van der Waals surface area contributed by atoms with Gasteiger partial charge in [-0.25, -0.2) is 9.97 Å².